The van der Waals surface area contributed by atoms with E-state index in [1.165, 1.54) is 12.1 Å². The molecule has 0 bridgehead atoms. The molecule has 1 aliphatic heterocycles. The third kappa shape index (κ3) is 3.30. The average Bonchev–Trinajstić information content (AvgIpc) is 3.09. The lowest BCUT2D eigenvalue weighted by atomic mass is 10.2. The molecule has 3 rings (SSSR count). The maximum Gasteiger partial charge on any atom is 0.339 e. The summed E-state index contributed by atoms with van der Waals surface area (Å²) >= 11 is 0. The van der Waals surface area contributed by atoms with E-state index in [0.29, 0.717) is 41.7 Å². The monoisotopic (exact) mass is 387 g/mol. The van der Waals surface area contributed by atoms with Gasteiger partial charge in [-0.15, -0.1) is 0 Å². The maximum absolute atomic E-state index is 12.8. The molecule has 1 saturated heterocycles. The number of carbonyl (C=O) groups is 3. The number of urea groups is 1. The second-order valence-electron chi connectivity index (χ2n) is 6.11. The van der Waals surface area contributed by atoms with E-state index in [0.717, 1.165) is 9.80 Å². The fourth-order valence-electron chi connectivity index (χ4n) is 2.94. The van der Waals surface area contributed by atoms with Crippen LogP contribution in [-0.4, -0.2) is 41.1 Å². The fraction of sp³-hybridized carbons (Fsp3) is 0.368. The Labute approximate surface area is 161 Å². The zero-order valence-electron chi connectivity index (χ0n) is 16.1. The molecule has 0 unspecified atom stereocenters. The largest absolute Gasteiger partial charge is 0.490 e. The number of benzene rings is 1. The number of nitrogens with zero attached hydrogens (tertiary/aromatic N) is 3. The van der Waals surface area contributed by atoms with Crippen LogP contribution >= 0.6 is 0 Å². The molecule has 1 aromatic heterocycles. The van der Waals surface area contributed by atoms with Crippen molar-refractivity contribution >= 4 is 23.5 Å². The Morgan fingerprint density at radius 1 is 1.00 bits per heavy atom. The van der Waals surface area contributed by atoms with Crippen LogP contribution in [0.2, 0.25) is 0 Å². The smallest absolute Gasteiger partial charge is 0.339 e. The van der Waals surface area contributed by atoms with Crippen LogP contribution in [-0.2, 0) is 16.1 Å². The number of aromatic nitrogens is 1. The summed E-state index contributed by atoms with van der Waals surface area (Å²) < 4.78 is 16.1. The van der Waals surface area contributed by atoms with E-state index < -0.39 is 17.8 Å². The van der Waals surface area contributed by atoms with Gasteiger partial charge in [0.05, 0.1) is 31.1 Å². The van der Waals surface area contributed by atoms with Gasteiger partial charge in [0.1, 0.15) is 5.76 Å². The van der Waals surface area contributed by atoms with E-state index in [9.17, 15) is 14.4 Å². The SMILES string of the molecule is CCOc1ccc(N2C(=O)C(=O)N(Cc3c(C)noc3C)C2=O)cc1OCC. The topological polar surface area (TPSA) is 102 Å². The summed E-state index contributed by atoms with van der Waals surface area (Å²) in [7, 11) is 0. The Balaban J connectivity index is 1.92. The van der Waals surface area contributed by atoms with Gasteiger partial charge in [-0.2, -0.15) is 0 Å². The first-order valence-electron chi connectivity index (χ1n) is 8.90. The highest BCUT2D eigenvalue weighted by Crippen LogP contribution is 2.34. The number of hydrogen-bond donors (Lipinski definition) is 0. The number of amides is 4. The van der Waals surface area contributed by atoms with Crippen molar-refractivity contribution in [2.24, 2.45) is 0 Å². The van der Waals surface area contributed by atoms with Crippen molar-refractivity contribution in [3.05, 3.63) is 35.2 Å². The molecule has 0 radical (unpaired) electrons. The van der Waals surface area contributed by atoms with Gasteiger partial charge >= 0.3 is 17.8 Å². The summed E-state index contributed by atoms with van der Waals surface area (Å²) in [4.78, 5) is 39.5. The number of ether oxygens (including phenoxy) is 2. The van der Waals surface area contributed by atoms with Crippen LogP contribution in [0.4, 0.5) is 10.5 Å². The molecule has 1 aliphatic rings. The molecular formula is C19H21N3O6. The minimum absolute atomic E-state index is 0.0869. The first-order chi connectivity index (χ1) is 13.4. The van der Waals surface area contributed by atoms with Crippen molar-refractivity contribution in [2.45, 2.75) is 34.2 Å². The average molecular weight is 387 g/mol. The molecule has 0 aliphatic carbocycles. The quantitative estimate of drug-likeness (QED) is 0.531. The zero-order chi connectivity index (χ0) is 20.4. The van der Waals surface area contributed by atoms with Crippen LogP contribution in [0.25, 0.3) is 0 Å². The van der Waals surface area contributed by atoms with Crippen LogP contribution in [0, 0.1) is 13.8 Å². The molecule has 2 aromatic rings. The van der Waals surface area contributed by atoms with Gasteiger partial charge in [0.25, 0.3) is 0 Å². The number of hydrogen-bond acceptors (Lipinski definition) is 7. The van der Waals surface area contributed by atoms with Gasteiger partial charge in [0.2, 0.25) is 0 Å². The first kappa shape index (κ1) is 19.4. The highest BCUT2D eigenvalue weighted by molar-refractivity contribution is 6.52. The molecule has 2 heterocycles. The molecule has 28 heavy (non-hydrogen) atoms. The predicted octanol–water partition coefficient (Wildman–Crippen LogP) is 2.58. The van der Waals surface area contributed by atoms with Gasteiger partial charge in [-0.3, -0.25) is 14.5 Å². The minimum Gasteiger partial charge on any atom is -0.490 e. The van der Waals surface area contributed by atoms with E-state index >= 15 is 0 Å². The van der Waals surface area contributed by atoms with Crippen molar-refractivity contribution in [3.63, 3.8) is 0 Å². The second-order valence-corrected chi connectivity index (χ2v) is 6.11. The highest BCUT2D eigenvalue weighted by Gasteiger charge is 2.46. The molecule has 148 valence electrons. The van der Waals surface area contributed by atoms with Crippen molar-refractivity contribution in [2.75, 3.05) is 18.1 Å². The van der Waals surface area contributed by atoms with Crippen LogP contribution in [0.1, 0.15) is 30.9 Å². The molecular weight excluding hydrogens is 366 g/mol. The lowest BCUT2D eigenvalue weighted by molar-refractivity contribution is -0.139. The number of carbonyl (C=O) groups excluding carboxylic acids is 3. The van der Waals surface area contributed by atoms with E-state index in [1.54, 1.807) is 19.9 Å². The van der Waals surface area contributed by atoms with Crippen molar-refractivity contribution in [3.8, 4) is 11.5 Å². The van der Waals surface area contributed by atoms with Gasteiger partial charge in [-0.05, 0) is 39.8 Å². The Bertz CT molecular complexity index is 916. The number of aryl methyl sites for hydroxylation is 2. The molecule has 9 nitrogen and oxygen atoms in total. The lowest BCUT2D eigenvalue weighted by Gasteiger charge is -2.17. The van der Waals surface area contributed by atoms with Crippen molar-refractivity contribution in [1.82, 2.24) is 10.1 Å². The molecule has 4 amide bonds. The Morgan fingerprint density at radius 2 is 1.68 bits per heavy atom. The summed E-state index contributed by atoms with van der Waals surface area (Å²) in [6, 6.07) is 3.92. The van der Waals surface area contributed by atoms with Crippen molar-refractivity contribution in [1.29, 1.82) is 0 Å². The van der Waals surface area contributed by atoms with Crippen LogP contribution in [0.3, 0.4) is 0 Å². The standard InChI is InChI=1S/C19H21N3O6/c1-5-26-15-8-7-13(9-16(15)27-6-2)22-18(24)17(23)21(19(22)25)10-14-11(3)20-28-12(14)4/h7-9H,5-6,10H2,1-4H3. The van der Waals surface area contributed by atoms with Gasteiger partial charge in [0.15, 0.2) is 11.5 Å². The molecule has 0 spiro atoms. The maximum atomic E-state index is 12.8. The third-order valence-corrected chi connectivity index (χ3v) is 4.34. The highest BCUT2D eigenvalue weighted by atomic mass is 16.5. The van der Waals surface area contributed by atoms with E-state index in [4.69, 9.17) is 14.0 Å². The van der Waals surface area contributed by atoms with Gasteiger partial charge in [-0.1, -0.05) is 5.16 Å². The first-order valence-corrected chi connectivity index (χ1v) is 8.90. The van der Waals surface area contributed by atoms with Gasteiger partial charge < -0.3 is 14.0 Å². The number of anilines is 1. The fourth-order valence-corrected chi connectivity index (χ4v) is 2.94. The normalized spacial score (nSPS) is 14.2. The summed E-state index contributed by atoms with van der Waals surface area (Å²) in [6.07, 6.45) is 0. The Hall–Kier alpha value is -3.36. The van der Waals surface area contributed by atoms with Crippen LogP contribution in [0.5, 0.6) is 11.5 Å². The van der Waals surface area contributed by atoms with E-state index in [-0.39, 0.29) is 12.2 Å². The molecule has 0 saturated carbocycles. The Morgan fingerprint density at radius 3 is 2.29 bits per heavy atom. The number of imide groups is 2. The van der Waals surface area contributed by atoms with E-state index in [1.807, 2.05) is 13.8 Å². The summed E-state index contributed by atoms with van der Waals surface area (Å²) in [5.41, 5.74) is 1.39. The minimum atomic E-state index is -0.927. The predicted molar refractivity (Wildman–Crippen MR) is 98.2 cm³/mol. The lowest BCUT2D eigenvalue weighted by Crippen LogP contribution is -2.33. The van der Waals surface area contributed by atoms with Crippen molar-refractivity contribution < 1.29 is 28.4 Å². The second kappa shape index (κ2) is 7.71. The van der Waals surface area contributed by atoms with Crippen LogP contribution < -0.4 is 14.4 Å². The van der Waals surface area contributed by atoms with Gasteiger partial charge in [-0.25, -0.2) is 9.69 Å². The third-order valence-electron chi connectivity index (χ3n) is 4.34. The van der Waals surface area contributed by atoms with E-state index in [2.05, 4.69) is 5.16 Å². The Kier molecular flexibility index (Phi) is 5.34. The molecule has 0 atom stereocenters. The van der Waals surface area contributed by atoms with Crippen LogP contribution in [0.15, 0.2) is 22.7 Å². The number of rotatable bonds is 7. The van der Waals surface area contributed by atoms with Gasteiger partial charge in [0, 0.05) is 11.6 Å². The summed E-state index contributed by atoms with van der Waals surface area (Å²) in [6.45, 7) is 7.76. The summed E-state index contributed by atoms with van der Waals surface area (Å²) in [5, 5.41) is 3.81. The molecule has 0 N–H and O–H groups in total. The molecule has 1 fully saturated rings. The molecule has 1 aromatic carbocycles. The zero-order valence-corrected chi connectivity index (χ0v) is 16.1. The molecule has 9 heteroatoms. The summed E-state index contributed by atoms with van der Waals surface area (Å²) in [5.74, 6) is -0.464.